The predicted molar refractivity (Wildman–Crippen MR) is 94.0 cm³/mol. The lowest BCUT2D eigenvalue weighted by Crippen LogP contribution is -2.29. The van der Waals surface area contributed by atoms with Gasteiger partial charge in [0.25, 0.3) is 5.91 Å². The molecule has 9 heteroatoms. The van der Waals surface area contributed by atoms with Crippen LogP contribution in [0.25, 0.3) is 0 Å². The van der Waals surface area contributed by atoms with Crippen molar-refractivity contribution >= 4 is 33.2 Å². The second kappa shape index (κ2) is 8.24. The van der Waals surface area contributed by atoms with Gasteiger partial charge in [-0.3, -0.25) is 9.59 Å². The Morgan fingerprint density at radius 1 is 1.24 bits per heavy atom. The van der Waals surface area contributed by atoms with Crippen molar-refractivity contribution < 1.29 is 23.1 Å². The number of sulfonamides is 1. The molecule has 25 heavy (non-hydrogen) atoms. The maximum absolute atomic E-state index is 12.4. The van der Waals surface area contributed by atoms with Crippen molar-refractivity contribution in [2.45, 2.75) is 17.9 Å². The van der Waals surface area contributed by atoms with Crippen LogP contribution in [0.2, 0.25) is 0 Å². The number of amides is 1. The summed E-state index contributed by atoms with van der Waals surface area (Å²) in [5.74, 6) is -1.44. The monoisotopic (exact) mass is 382 g/mol. The molecule has 0 aliphatic heterocycles. The van der Waals surface area contributed by atoms with Gasteiger partial charge in [-0.05, 0) is 29.6 Å². The van der Waals surface area contributed by atoms with Gasteiger partial charge in [0.15, 0.2) is 0 Å². The summed E-state index contributed by atoms with van der Waals surface area (Å²) in [6.45, 7) is 0.221. The number of carbonyl (C=O) groups excluding carboxylic acids is 1. The van der Waals surface area contributed by atoms with Crippen molar-refractivity contribution in [2.75, 3.05) is 13.6 Å². The number of carbonyl (C=O) groups is 2. The highest BCUT2D eigenvalue weighted by Crippen LogP contribution is 2.15. The smallest absolute Gasteiger partial charge is 0.305 e. The zero-order valence-corrected chi connectivity index (χ0v) is 15.1. The molecule has 0 bridgehead atoms. The molecule has 0 saturated heterocycles. The topological polar surface area (TPSA) is 104 Å². The number of benzene rings is 1. The summed E-state index contributed by atoms with van der Waals surface area (Å²) >= 11 is 1.44. The molecule has 7 nitrogen and oxygen atoms in total. The Balaban J connectivity index is 2.11. The Morgan fingerprint density at radius 2 is 2.00 bits per heavy atom. The zero-order valence-electron chi connectivity index (χ0n) is 13.5. The summed E-state index contributed by atoms with van der Waals surface area (Å²) in [6, 6.07) is 9.34. The molecule has 1 amide bonds. The van der Waals surface area contributed by atoms with E-state index >= 15 is 0 Å². The van der Waals surface area contributed by atoms with Crippen LogP contribution in [0.15, 0.2) is 46.7 Å². The van der Waals surface area contributed by atoms with Gasteiger partial charge in [0.05, 0.1) is 11.3 Å². The van der Waals surface area contributed by atoms with Gasteiger partial charge < -0.3 is 10.0 Å². The molecule has 0 saturated carbocycles. The van der Waals surface area contributed by atoms with E-state index in [4.69, 9.17) is 5.11 Å². The van der Waals surface area contributed by atoms with Crippen LogP contribution in [-0.4, -0.2) is 43.9 Å². The van der Waals surface area contributed by atoms with Crippen LogP contribution in [0.5, 0.6) is 0 Å². The Labute approximate surface area is 150 Å². The van der Waals surface area contributed by atoms with E-state index in [2.05, 4.69) is 4.72 Å². The van der Waals surface area contributed by atoms with Crippen molar-refractivity contribution in [1.82, 2.24) is 9.62 Å². The highest BCUT2D eigenvalue weighted by atomic mass is 32.2. The van der Waals surface area contributed by atoms with Gasteiger partial charge in [-0.2, -0.15) is 0 Å². The fourth-order valence-corrected chi connectivity index (χ4v) is 3.83. The average Bonchev–Trinajstić information content (AvgIpc) is 3.11. The Morgan fingerprint density at radius 3 is 2.64 bits per heavy atom. The summed E-state index contributed by atoms with van der Waals surface area (Å²) in [7, 11) is -2.28. The first-order valence-corrected chi connectivity index (χ1v) is 9.75. The number of rotatable bonds is 8. The quantitative estimate of drug-likeness (QED) is 0.724. The number of hydrogen-bond acceptors (Lipinski definition) is 5. The van der Waals surface area contributed by atoms with Crippen LogP contribution in [0.3, 0.4) is 0 Å². The summed E-state index contributed by atoms with van der Waals surface area (Å²) in [5.41, 5.74) is 0.187. The number of nitrogens with zero attached hydrogens (tertiary/aromatic N) is 1. The first kappa shape index (κ1) is 19.1. The fraction of sp³-hybridized carbons (Fsp3) is 0.250. The largest absolute Gasteiger partial charge is 0.481 e. The van der Waals surface area contributed by atoms with Gasteiger partial charge in [0, 0.05) is 30.6 Å². The standard InChI is InChI=1S/C16H18N2O5S2/c1-18(8-7-15(19)20)16(21)12-4-2-6-14(10-12)25(22,23)17-11-13-5-3-9-24-13/h2-6,9-10,17H,7-8,11H2,1H3,(H,19,20). The zero-order chi connectivity index (χ0) is 18.4. The Hall–Kier alpha value is -2.23. The van der Waals surface area contributed by atoms with Crippen molar-refractivity contribution in [2.24, 2.45) is 0 Å². The van der Waals surface area contributed by atoms with E-state index in [0.29, 0.717) is 0 Å². The van der Waals surface area contributed by atoms with Gasteiger partial charge >= 0.3 is 5.97 Å². The van der Waals surface area contributed by atoms with Crippen molar-refractivity contribution in [1.29, 1.82) is 0 Å². The van der Waals surface area contributed by atoms with Gasteiger partial charge in [-0.25, -0.2) is 13.1 Å². The van der Waals surface area contributed by atoms with Crippen LogP contribution in [0.4, 0.5) is 0 Å². The number of aliphatic carboxylic acids is 1. The van der Waals surface area contributed by atoms with E-state index in [9.17, 15) is 18.0 Å². The van der Waals surface area contributed by atoms with E-state index in [1.165, 1.54) is 47.5 Å². The second-order valence-electron chi connectivity index (χ2n) is 5.30. The Kier molecular flexibility index (Phi) is 6.29. The van der Waals surface area contributed by atoms with E-state index in [-0.39, 0.29) is 30.0 Å². The number of nitrogens with one attached hydrogen (secondary N) is 1. The molecular weight excluding hydrogens is 364 g/mol. The van der Waals surface area contributed by atoms with Crippen molar-refractivity contribution in [3.8, 4) is 0 Å². The van der Waals surface area contributed by atoms with Crippen molar-refractivity contribution in [3.63, 3.8) is 0 Å². The fourth-order valence-electron chi connectivity index (χ4n) is 2.04. The van der Waals surface area contributed by atoms with Gasteiger partial charge in [-0.1, -0.05) is 12.1 Å². The minimum absolute atomic E-state index is 0.0125. The molecule has 134 valence electrons. The molecule has 1 aromatic heterocycles. The molecule has 2 aromatic rings. The lowest BCUT2D eigenvalue weighted by atomic mass is 10.2. The normalized spacial score (nSPS) is 11.2. The number of carboxylic acid groups (broad SMARTS) is 1. The van der Waals surface area contributed by atoms with E-state index in [0.717, 1.165) is 4.88 Å². The summed E-state index contributed by atoms with van der Waals surface area (Å²) in [6.07, 6.45) is -0.178. The molecule has 2 N–H and O–H groups in total. The maximum atomic E-state index is 12.4. The van der Waals surface area contributed by atoms with E-state index in [1.807, 2.05) is 17.5 Å². The van der Waals surface area contributed by atoms with Crippen LogP contribution in [0.1, 0.15) is 21.7 Å². The molecule has 0 atom stereocenters. The maximum Gasteiger partial charge on any atom is 0.305 e. The SMILES string of the molecule is CN(CCC(=O)O)C(=O)c1cccc(S(=O)(=O)NCc2cccs2)c1. The summed E-state index contributed by atoms with van der Waals surface area (Å²) in [4.78, 5) is 25.0. The predicted octanol–water partition coefficient (Wildman–Crippen LogP) is 1.77. The highest BCUT2D eigenvalue weighted by Gasteiger charge is 2.18. The van der Waals surface area contributed by atoms with Gasteiger partial charge in [-0.15, -0.1) is 11.3 Å². The van der Waals surface area contributed by atoms with Crippen LogP contribution in [-0.2, 0) is 21.4 Å². The molecule has 0 aliphatic carbocycles. The highest BCUT2D eigenvalue weighted by molar-refractivity contribution is 7.89. The Bertz CT molecular complexity index is 847. The minimum Gasteiger partial charge on any atom is -0.481 e. The molecule has 0 spiro atoms. The third-order valence-corrected chi connectivity index (χ3v) is 5.69. The first-order valence-electron chi connectivity index (χ1n) is 7.39. The molecule has 1 heterocycles. The van der Waals surface area contributed by atoms with Crippen molar-refractivity contribution in [3.05, 3.63) is 52.2 Å². The molecule has 0 aliphatic rings. The molecule has 1 aromatic carbocycles. The number of thiophene rings is 1. The van der Waals surface area contributed by atoms with E-state index < -0.39 is 21.9 Å². The van der Waals surface area contributed by atoms with Crippen LogP contribution in [0, 0.1) is 0 Å². The van der Waals surface area contributed by atoms with Gasteiger partial charge in [0.1, 0.15) is 0 Å². The van der Waals surface area contributed by atoms with E-state index in [1.54, 1.807) is 0 Å². The second-order valence-corrected chi connectivity index (χ2v) is 8.10. The summed E-state index contributed by atoms with van der Waals surface area (Å²) in [5, 5.41) is 10.5. The molecule has 0 radical (unpaired) electrons. The lowest BCUT2D eigenvalue weighted by molar-refractivity contribution is -0.137. The lowest BCUT2D eigenvalue weighted by Gasteiger charge is -2.16. The minimum atomic E-state index is -3.75. The van der Waals surface area contributed by atoms with Crippen LogP contribution >= 0.6 is 11.3 Å². The molecule has 0 unspecified atom stereocenters. The van der Waals surface area contributed by atoms with Gasteiger partial charge in [0.2, 0.25) is 10.0 Å². The molecular formula is C16H18N2O5S2. The summed E-state index contributed by atoms with van der Waals surface area (Å²) < 4.78 is 27.2. The average molecular weight is 382 g/mol. The molecule has 2 rings (SSSR count). The third kappa shape index (κ3) is 5.38. The third-order valence-electron chi connectivity index (χ3n) is 3.42. The molecule has 0 fully saturated rings. The number of hydrogen-bond donors (Lipinski definition) is 2. The number of carboxylic acids is 1. The first-order chi connectivity index (χ1) is 11.8. The van der Waals surface area contributed by atoms with Crippen LogP contribution < -0.4 is 4.72 Å².